The zero-order valence-electron chi connectivity index (χ0n) is 11.1. The molecule has 1 amide bonds. The van der Waals surface area contributed by atoms with E-state index in [0.717, 1.165) is 25.9 Å². The van der Waals surface area contributed by atoms with E-state index in [9.17, 15) is 4.79 Å². The van der Waals surface area contributed by atoms with Gasteiger partial charge in [0.2, 0.25) is 5.91 Å². The summed E-state index contributed by atoms with van der Waals surface area (Å²) >= 11 is 0. The van der Waals surface area contributed by atoms with Gasteiger partial charge in [-0.2, -0.15) is 0 Å². The van der Waals surface area contributed by atoms with Crippen molar-refractivity contribution in [1.82, 2.24) is 4.90 Å². The standard InChI is InChI=1S/C15H24N2O/c1-2-10-5-7-17(8-6-10)15(18)13-11-3-4-12(9-11)14(13)16/h2,10-14H,1,3-9,16H2/t11-,12-,13+,14+/m0/s1. The van der Waals surface area contributed by atoms with Crippen LogP contribution in [0.4, 0.5) is 0 Å². The predicted molar refractivity (Wildman–Crippen MR) is 71.8 cm³/mol. The lowest BCUT2D eigenvalue weighted by Gasteiger charge is -2.36. The molecule has 1 saturated heterocycles. The summed E-state index contributed by atoms with van der Waals surface area (Å²) in [6.45, 7) is 5.65. The van der Waals surface area contributed by atoms with Crippen molar-refractivity contribution in [2.24, 2.45) is 29.4 Å². The van der Waals surface area contributed by atoms with Crippen molar-refractivity contribution in [3.8, 4) is 0 Å². The molecule has 100 valence electrons. The van der Waals surface area contributed by atoms with Crippen LogP contribution in [0, 0.1) is 23.7 Å². The summed E-state index contributed by atoms with van der Waals surface area (Å²) in [5, 5.41) is 0. The number of nitrogens with zero attached hydrogens (tertiary/aromatic N) is 1. The fourth-order valence-corrected chi connectivity index (χ4v) is 4.27. The van der Waals surface area contributed by atoms with Gasteiger partial charge >= 0.3 is 0 Å². The fraction of sp³-hybridized carbons (Fsp3) is 0.800. The third-order valence-electron chi connectivity index (χ3n) is 5.45. The van der Waals surface area contributed by atoms with E-state index >= 15 is 0 Å². The van der Waals surface area contributed by atoms with Crippen molar-refractivity contribution in [2.75, 3.05) is 13.1 Å². The van der Waals surface area contributed by atoms with Crippen LogP contribution in [0.15, 0.2) is 12.7 Å². The number of carbonyl (C=O) groups excluding carboxylic acids is 1. The van der Waals surface area contributed by atoms with Crippen molar-refractivity contribution in [1.29, 1.82) is 0 Å². The molecular weight excluding hydrogens is 224 g/mol. The number of hydrogen-bond donors (Lipinski definition) is 1. The second kappa shape index (κ2) is 4.69. The minimum absolute atomic E-state index is 0.129. The summed E-state index contributed by atoms with van der Waals surface area (Å²) in [6, 6.07) is 0.133. The van der Waals surface area contributed by atoms with Gasteiger partial charge in [-0.25, -0.2) is 0 Å². The summed E-state index contributed by atoms with van der Waals surface area (Å²) < 4.78 is 0. The molecule has 3 heteroatoms. The molecule has 1 heterocycles. The number of nitrogens with two attached hydrogens (primary N) is 1. The van der Waals surface area contributed by atoms with E-state index in [1.165, 1.54) is 19.3 Å². The van der Waals surface area contributed by atoms with Gasteiger partial charge in [0.25, 0.3) is 0 Å². The number of allylic oxidation sites excluding steroid dienone is 1. The molecule has 0 unspecified atom stereocenters. The normalized spacial score (nSPS) is 40.2. The van der Waals surface area contributed by atoms with Crippen LogP contribution in [0.25, 0.3) is 0 Å². The predicted octanol–water partition coefficient (Wildman–Crippen LogP) is 1.78. The van der Waals surface area contributed by atoms with E-state index in [0.29, 0.717) is 23.7 Å². The second-order valence-corrected chi connectivity index (χ2v) is 6.33. The highest BCUT2D eigenvalue weighted by molar-refractivity contribution is 5.80. The first-order valence-electron chi connectivity index (χ1n) is 7.37. The Balaban J connectivity index is 1.63. The maximum absolute atomic E-state index is 12.6. The number of carbonyl (C=O) groups is 1. The van der Waals surface area contributed by atoms with E-state index in [-0.39, 0.29) is 12.0 Å². The number of fused-ring (bicyclic) bond motifs is 2. The van der Waals surface area contributed by atoms with Crippen LogP contribution in [0.5, 0.6) is 0 Å². The van der Waals surface area contributed by atoms with Gasteiger partial charge in [0.1, 0.15) is 0 Å². The third-order valence-corrected chi connectivity index (χ3v) is 5.45. The first-order chi connectivity index (χ1) is 8.70. The van der Waals surface area contributed by atoms with E-state index < -0.39 is 0 Å². The Morgan fingerprint density at radius 2 is 1.83 bits per heavy atom. The maximum atomic E-state index is 12.6. The Labute approximate surface area is 109 Å². The van der Waals surface area contributed by atoms with Gasteiger partial charge in [0.05, 0.1) is 5.92 Å². The lowest BCUT2D eigenvalue weighted by atomic mass is 9.83. The Bertz CT molecular complexity index is 344. The Morgan fingerprint density at radius 3 is 2.39 bits per heavy atom. The molecule has 18 heavy (non-hydrogen) atoms. The van der Waals surface area contributed by atoms with Gasteiger partial charge in [0.15, 0.2) is 0 Å². The van der Waals surface area contributed by atoms with E-state index in [1.807, 2.05) is 6.08 Å². The Morgan fingerprint density at radius 1 is 1.17 bits per heavy atom. The van der Waals surface area contributed by atoms with E-state index in [1.54, 1.807) is 0 Å². The molecule has 2 saturated carbocycles. The van der Waals surface area contributed by atoms with Gasteiger partial charge in [-0.15, -0.1) is 6.58 Å². The molecule has 2 aliphatic carbocycles. The van der Waals surface area contributed by atoms with Crippen LogP contribution in [-0.2, 0) is 4.79 Å². The smallest absolute Gasteiger partial charge is 0.227 e. The van der Waals surface area contributed by atoms with Crippen LogP contribution >= 0.6 is 0 Å². The quantitative estimate of drug-likeness (QED) is 0.757. The molecule has 0 aromatic carbocycles. The van der Waals surface area contributed by atoms with E-state index in [2.05, 4.69) is 11.5 Å². The first kappa shape index (κ1) is 12.2. The van der Waals surface area contributed by atoms with Crippen LogP contribution < -0.4 is 5.73 Å². The molecule has 3 rings (SSSR count). The molecule has 1 aliphatic heterocycles. The van der Waals surface area contributed by atoms with Crippen molar-refractivity contribution in [2.45, 2.75) is 38.1 Å². The molecule has 0 radical (unpaired) electrons. The highest BCUT2D eigenvalue weighted by Crippen LogP contribution is 2.48. The van der Waals surface area contributed by atoms with Crippen LogP contribution in [0.1, 0.15) is 32.1 Å². The van der Waals surface area contributed by atoms with Crippen LogP contribution in [0.2, 0.25) is 0 Å². The first-order valence-corrected chi connectivity index (χ1v) is 7.37. The average molecular weight is 248 g/mol. The molecule has 0 aromatic heterocycles. The van der Waals surface area contributed by atoms with Crippen LogP contribution in [0.3, 0.4) is 0 Å². The van der Waals surface area contributed by atoms with Crippen molar-refractivity contribution >= 4 is 5.91 Å². The number of rotatable bonds is 2. The summed E-state index contributed by atoms with van der Waals surface area (Å²) in [5.41, 5.74) is 6.26. The third kappa shape index (κ3) is 1.89. The van der Waals surface area contributed by atoms with Crippen molar-refractivity contribution in [3.63, 3.8) is 0 Å². The zero-order chi connectivity index (χ0) is 12.7. The minimum atomic E-state index is 0.129. The molecule has 0 aromatic rings. The number of hydrogen-bond acceptors (Lipinski definition) is 2. The van der Waals surface area contributed by atoms with Gasteiger partial charge in [-0.05, 0) is 49.9 Å². The number of piperidine rings is 1. The van der Waals surface area contributed by atoms with Gasteiger partial charge in [-0.1, -0.05) is 6.08 Å². The molecule has 3 nitrogen and oxygen atoms in total. The van der Waals surface area contributed by atoms with Crippen LogP contribution in [-0.4, -0.2) is 29.9 Å². The average Bonchev–Trinajstić information content (AvgIpc) is 2.99. The monoisotopic (exact) mass is 248 g/mol. The number of likely N-dealkylation sites (tertiary alicyclic amines) is 1. The summed E-state index contributed by atoms with van der Waals surface area (Å²) in [6.07, 6.45) is 7.84. The van der Waals surface area contributed by atoms with Gasteiger partial charge in [-0.3, -0.25) is 4.79 Å². The Kier molecular flexibility index (Phi) is 3.18. The van der Waals surface area contributed by atoms with Crippen molar-refractivity contribution < 1.29 is 4.79 Å². The molecule has 4 atom stereocenters. The molecule has 3 fully saturated rings. The highest BCUT2D eigenvalue weighted by atomic mass is 16.2. The Hall–Kier alpha value is -0.830. The lowest BCUT2D eigenvalue weighted by Crippen LogP contribution is -2.49. The zero-order valence-corrected chi connectivity index (χ0v) is 11.1. The largest absolute Gasteiger partial charge is 0.342 e. The molecular formula is C15H24N2O. The summed E-state index contributed by atoms with van der Waals surface area (Å²) in [5.74, 6) is 2.27. The molecule has 2 N–H and O–H groups in total. The summed E-state index contributed by atoms with van der Waals surface area (Å²) in [7, 11) is 0. The van der Waals surface area contributed by atoms with Gasteiger partial charge < -0.3 is 10.6 Å². The maximum Gasteiger partial charge on any atom is 0.227 e. The SMILES string of the molecule is C=CC1CCN(C(=O)[C@@H]2[C@H]3CC[C@@H](C3)[C@H]2N)CC1. The minimum Gasteiger partial charge on any atom is -0.342 e. The molecule has 0 spiro atoms. The fourth-order valence-electron chi connectivity index (χ4n) is 4.27. The topological polar surface area (TPSA) is 46.3 Å². The second-order valence-electron chi connectivity index (χ2n) is 6.33. The summed E-state index contributed by atoms with van der Waals surface area (Å²) in [4.78, 5) is 14.7. The highest BCUT2D eigenvalue weighted by Gasteiger charge is 2.50. The van der Waals surface area contributed by atoms with Gasteiger partial charge in [0, 0.05) is 19.1 Å². The van der Waals surface area contributed by atoms with E-state index in [4.69, 9.17) is 5.73 Å². The molecule has 3 aliphatic rings. The lowest BCUT2D eigenvalue weighted by molar-refractivity contribution is -0.139. The number of amides is 1. The van der Waals surface area contributed by atoms with Crippen molar-refractivity contribution in [3.05, 3.63) is 12.7 Å². The molecule has 2 bridgehead atoms.